The number of aryl methyl sites for hydroxylation is 2. The number of aromatic nitrogens is 2. The van der Waals surface area contributed by atoms with Crippen LogP contribution in [0.3, 0.4) is 0 Å². The molecule has 3 rings (SSSR count). The Morgan fingerprint density at radius 2 is 1.81 bits per heavy atom. The molecule has 0 saturated heterocycles. The van der Waals surface area contributed by atoms with Gasteiger partial charge in [0.15, 0.2) is 0 Å². The van der Waals surface area contributed by atoms with Gasteiger partial charge in [-0.25, -0.2) is 15.4 Å². The third-order valence-corrected chi connectivity index (χ3v) is 6.24. The second-order valence-electron chi connectivity index (χ2n) is 8.53. The SMILES string of the molecule is CNCC(C=N)(CN)c1ccnc(NC2CCC(NNc3c(C)cccc3C)CC2)n1. The highest BCUT2D eigenvalue weighted by Gasteiger charge is 2.30. The summed E-state index contributed by atoms with van der Waals surface area (Å²) < 4.78 is 0. The van der Waals surface area contributed by atoms with Crippen molar-refractivity contribution in [3.8, 4) is 0 Å². The summed E-state index contributed by atoms with van der Waals surface area (Å²) in [5.74, 6) is 0.610. The second-order valence-corrected chi connectivity index (χ2v) is 8.53. The highest BCUT2D eigenvalue weighted by atomic mass is 15.4. The van der Waals surface area contributed by atoms with Crippen LogP contribution >= 0.6 is 0 Å². The first-order valence-electron chi connectivity index (χ1n) is 11.1. The first-order chi connectivity index (χ1) is 15.0. The normalized spacial score (nSPS) is 20.6. The Morgan fingerprint density at radius 1 is 1.13 bits per heavy atom. The summed E-state index contributed by atoms with van der Waals surface area (Å²) in [5, 5.41) is 14.5. The van der Waals surface area contributed by atoms with E-state index in [0.717, 1.165) is 31.4 Å². The standard InChI is InChI=1S/C23H36N8/c1-16-5-4-6-17(2)21(16)31-30-19-9-7-18(8-10-19)28-22-27-12-11-20(29-22)23(13-24,14-25)15-26-3/h4-6,11-13,18-19,24,26,30-31H,7-10,14-15,25H2,1-3H3,(H,27,28,29). The molecule has 0 amide bonds. The molecule has 1 aromatic heterocycles. The summed E-state index contributed by atoms with van der Waals surface area (Å²) in [6.07, 6.45) is 7.36. The van der Waals surface area contributed by atoms with Gasteiger partial charge < -0.3 is 27.2 Å². The van der Waals surface area contributed by atoms with Gasteiger partial charge in [0.2, 0.25) is 5.95 Å². The van der Waals surface area contributed by atoms with Crippen molar-refractivity contribution < 1.29 is 0 Å². The van der Waals surface area contributed by atoms with E-state index in [4.69, 9.17) is 16.1 Å². The highest BCUT2D eigenvalue weighted by molar-refractivity contribution is 5.71. The first kappa shape index (κ1) is 23.1. The lowest BCUT2D eigenvalue weighted by Gasteiger charge is -2.31. The Balaban J connectivity index is 1.55. The molecule has 1 unspecified atom stereocenters. The van der Waals surface area contributed by atoms with Gasteiger partial charge in [-0.1, -0.05) is 18.2 Å². The largest absolute Gasteiger partial charge is 0.351 e. The second kappa shape index (κ2) is 10.7. The first-order valence-corrected chi connectivity index (χ1v) is 11.1. The molecule has 1 atom stereocenters. The number of anilines is 2. The molecule has 0 radical (unpaired) electrons. The van der Waals surface area contributed by atoms with Gasteiger partial charge in [-0.3, -0.25) is 0 Å². The fourth-order valence-corrected chi connectivity index (χ4v) is 4.22. The van der Waals surface area contributed by atoms with E-state index in [1.165, 1.54) is 23.0 Å². The van der Waals surface area contributed by atoms with Gasteiger partial charge in [0.25, 0.3) is 0 Å². The molecule has 1 heterocycles. The monoisotopic (exact) mass is 424 g/mol. The van der Waals surface area contributed by atoms with E-state index in [1.54, 1.807) is 6.20 Å². The summed E-state index contributed by atoms with van der Waals surface area (Å²) in [4.78, 5) is 9.10. The minimum Gasteiger partial charge on any atom is -0.351 e. The van der Waals surface area contributed by atoms with Crippen LogP contribution in [0.1, 0.15) is 42.5 Å². The van der Waals surface area contributed by atoms with Crippen LogP contribution in [0.5, 0.6) is 0 Å². The number of nitrogens with one attached hydrogen (secondary N) is 5. The zero-order chi connectivity index (χ0) is 22.3. The maximum absolute atomic E-state index is 7.88. The van der Waals surface area contributed by atoms with Crippen molar-refractivity contribution >= 4 is 17.9 Å². The van der Waals surface area contributed by atoms with Crippen molar-refractivity contribution in [3.05, 3.63) is 47.3 Å². The van der Waals surface area contributed by atoms with E-state index in [9.17, 15) is 0 Å². The number of nitrogens with zero attached hydrogens (tertiary/aromatic N) is 2. The minimum absolute atomic E-state index is 0.317. The van der Waals surface area contributed by atoms with E-state index in [0.29, 0.717) is 31.1 Å². The Labute approximate surface area is 185 Å². The van der Waals surface area contributed by atoms with Crippen LogP contribution in [0.25, 0.3) is 0 Å². The summed E-state index contributed by atoms with van der Waals surface area (Å²) in [7, 11) is 1.86. The van der Waals surface area contributed by atoms with E-state index in [-0.39, 0.29) is 0 Å². The molecule has 168 valence electrons. The molecule has 8 nitrogen and oxygen atoms in total. The van der Waals surface area contributed by atoms with Gasteiger partial charge in [0.05, 0.1) is 16.8 Å². The number of nitrogens with two attached hydrogens (primary N) is 1. The number of para-hydroxylation sites is 1. The van der Waals surface area contributed by atoms with Gasteiger partial charge in [-0.2, -0.15) is 0 Å². The zero-order valence-corrected chi connectivity index (χ0v) is 18.8. The summed E-state index contributed by atoms with van der Waals surface area (Å²) in [6, 6.07) is 8.96. The van der Waals surface area contributed by atoms with Crippen LogP contribution in [0.4, 0.5) is 11.6 Å². The maximum atomic E-state index is 7.88. The van der Waals surface area contributed by atoms with E-state index < -0.39 is 5.41 Å². The molecule has 1 aliphatic carbocycles. The molecule has 1 aliphatic rings. The minimum atomic E-state index is -0.616. The van der Waals surface area contributed by atoms with Crippen molar-refractivity contribution in [3.63, 3.8) is 0 Å². The van der Waals surface area contributed by atoms with E-state index in [1.807, 2.05) is 13.1 Å². The molecule has 8 heteroatoms. The Morgan fingerprint density at radius 3 is 2.42 bits per heavy atom. The summed E-state index contributed by atoms with van der Waals surface area (Å²) >= 11 is 0. The number of hydrazine groups is 1. The molecule has 1 fully saturated rings. The van der Waals surface area contributed by atoms with Crippen LogP contribution in [0.2, 0.25) is 0 Å². The lowest BCUT2D eigenvalue weighted by Crippen LogP contribution is -2.45. The third-order valence-electron chi connectivity index (χ3n) is 6.24. The number of benzene rings is 1. The predicted molar refractivity (Wildman–Crippen MR) is 128 cm³/mol. The van der Waals surface area contributed by atoms with Crippen molar-refractivity contribution in [2.24, 2.45) is 5.73 Å². The highest BCUT2D eigenvalue weighted by Crippen LogP contribution is 2.24. The van der Waals surface area contributed by atoms with Crippen LogP contribution in [0, 0.1) is 19.3 Å². The van der Waals surface area contributed by atoms with Crippen molar-refractivity contribution in [1.29, 1.82) is 5.41 Å². The van der Waals surface area contributed by atoms with Gasteiger partial charge in [0, 0.05) is 37.6 Å². The van der Waals surface area contributed by atoms with Crippen molar-refractivity contribution in [2.45, 2.75) is 57.0 Å². The quantitative estimate of drug-likeness (QED) is 0.256. The molecule has 1 saturated carbocycles. The molecule has 2 aromatic rings. The Kier molecular flexibility index (Phi) is 7.95. The average molecular weight is 425 g/mol. The summed E-state index contributed by atoms with van der Waals surface area (Å²) in [5.41, 5.74) is 16.7. The number of hydrogen-bond donors (Lipinski definition) is 6. The third kappa shape index (κ3) is 5.58. The van der Waals surface area contributed by atoms with Crippen LogP contribution in [-0.4, -0.2) is 48.4 Å². The van der Waals surface area contributed by atoms with Gasteiger partial charge in [-0.15, -0.1) is 0 Å². The molecule has 0 spiro atoms. The molecular formula is C23H36N8. The van der Waals surface area contributed by atoms with Crippen LogP contribution in [-0.2, 0) is 5.41 Å². The van der Waals surface area contributed by atoms with Gasteiger partial charge in [0.1, 0.15) is 0 Å². The zero-order valence-electron chi connectivity index (χ0n) is 18.8. The van der Waals surface area contributed by atoms with Gasteiger partial charge >= 0.3 is 0 Å². The van der Waals surface area contributed by atoms with Crippen LogP contribution in [0.15, 0.2) is 30.5 Å². The van der Waals surface area contributed by atoms with Crippen molar-refractivity contribution in [2.75, 3.05) is 30.9 Å². The lowest BCUT2D eigenvalue weighted by atomic mass is 9.85. The number of hydrogen-bond acceptors (Lipinski definition) is 8. The van der Waals surface area contributed by atoms with Crippen molar-refractivity contribution in [1.82, 2.24) is 20.7 Å². The van der Waals surface area contributed by atoms with E-state index >= 15 is 0 Å². The number of likely N-dealkylation sites (N-methyl/N-ethyl adjacent to an activating group) is 1. The smallest absolute Gasteiger partial charge is 0.223 e. The van der Waals surface area contributed by atoms with Crippen LogP contribution < -0.4 is 27.2 Å². The lowest BCUT2D eigenvalue weighted by molar-refractivity contribution is 0.369. The topological polar surface area (TPSA) is 124 Å². The fraction of sp³-hybridized carbons (Fsp3) is 0.522. The molecular weight excluding hydrogens is 388 g/mol. The maximum Gasteiger partial charge on any atom is 0.223 e. The summed E-state index contributed by atoms with van der Waals surface area (Å²) in [6.45, 7) is 5.13. The van der Waals surface area contributed by atoms with Gasteiger partial charge in [-0.05, 0) is 63.8 Å². The molecule has 0 bridgehead atoms. The average Bonchev–Trinajstić information content (AvgIpc) is 2.78. The molecule has 1 aromatic carbocycles. The van der Waals surface area contributed by atoms with E-state index in [2.05, 4.69) is 58.5 Å². The molecule has 31 heavy (non-hydrogen) atoms. The fourth-order valence-electron chi connectivity index (χ4n) is 4.22. The number of rotatable bonds is 10. The molecule has 7 N–H and O–H groups in total. The predicted octanol–water partition coefficient (Wildman–Crippen LogP) is 2.50. The molecule has 0 aliphatic heterocycles. The Bertz CT molecular complexity index is 842. The Hall–Kier alpha value is -2.55.